The van der Waals surface area contributed by atoms with Crippen LogP contribution in [0.25, 0.3) is 0 Å². The molecule has 0 fully saturated rings. The van der Waals surface area contributed by atoms with E-state index >= 15 is 0 Å². The fourth-order valence-corrected chi connectivity index (χ4v) is 2.87. The second-order valence-electron chi connectivity index (χ2n) is 4.70. The van der Waals surface area contributed by atoms with Crippen LogP contribution in [0.15, 0.2) is 21.1 Å². The minimum absolute atomic E-state index is 0.0894. The fraction of sp³-hybridized carbons (Fsp3) is 0.538. The molecule has 0 bridgehead atoms. The fourth-order valence-electron chi connectivity index (χ4n) is 1.44. The van der Waals surface area contributed by atoms with E-state index in [9.17, 15) is 5.11 Å². The summed E-state index contributed by atoms with van der Waals surface area (Å²) in [4.78, 5) is 0. The Hall–Kier alpha value is -0.100. The Balaban J connectivity index is 2.92. The van der Waals surface area contributed by atoms with E-state index in [4.69, 9.17) is 4.74 Å². The summed E-state index contributed by atoms with van der Waals surface area (Å²) in [5.41, 5.74) is 0.748. The van der Waals surface area contributed by atoms with Crippen LogP contribution in [0.5, 0.6) is 5.75 Å². The lowest BCUT2D eigenvalue weighted by Crippen LogP contribution is -2.42. The number of halogens is 2. The van der Waals surface area contributed by atoms with E-state index in [0.29, 0.717) is 13.2 Å². The summed E-state index contributed by atoms with van der Waals surface area (Å²) in [5, 5.41) is 12.5. The molecule has 1 rings (SSSR count). The maximum atomic E-state index is 9.24. The molecule has 2 N–H and O–H groups in total. The average molecular weight is 381 g/mol. The summed E-state index contributed by atoms with van der Waals surface area (Å²) >= 11 is 6.98. The summed E-state index contributed by atoms with van der Waals surface area (Å²) in [7, 11) is 0. The van der Waals surface area contributed by atoms with Crippen molar-refractivity contribution >= 4 is 31.9 Å². The van der Waals surface area contributed by atoms with E-state index in [0.717, 1.165) is 20.3 Å². The number of ether oxygens (including phenoxy) is 1. The number of hydrogen-bond donors (Lipinski definition) is 2. The Morgan fingerprint density at radius 3 is 2.56 bits per heavy atom. The smallest absolute Gasteiger partial charge is 0.138 e. The van der Waals surface area contributed by atoms with Gasteiger partial charge in [-0.25, -0.2) is 0 Å². The normalized spacial score (nSPS) is 11.7. The third-order valence-corrected chi connectivity index (χ3v) is 3.57. The maximum Gasteiger partial charge on any atom is 0.138 e. The van der Waals surface area contributed by atoms with E-state index < -0.39 is 0 Å². The van der Waals surface area contributed by atoms with Crippen molar-refractivity contribution in [3.63, 3.8) is 0 Å². The van der Waals surface area contributed by atoms with Crippen LogP contribution in [-0.4, -0.2) is 23.9 Å². The van der Waals surface area contributed by atoms with Gasteiger partial charge >= 0.3 is 0 Å². The highest BCUT2D eigenvalue weighted by Gasteiger charge is 2.17. The Morgan fingerprint density at radius 1 is 1.33 bits per heavy atom. The van der Waals surface area contributed by atoms with Gasteiger partial charge in [0.25, 0.3) is 0 Å². The van der Waals surface area contributed by atoms with Crippen LogP contribution in [-0.2, 0) is 6.54 Å². The zero-order valence-electron chi connectivity index (χ0n) is 10.9. The van der Waals surface area contributed by atoms with Crippen molar-refractivity contribution < 1.29 is 9.84 Å². The minimum Gasteiger partial charge on any atom is -0.492 e. The molecule has 0 heterocycles. The summed E-state index contributed by atoms with van der Waals surface area (Å²) < 4.78 is 7.58. The van der Waals surface area contributed by atoms with Gasteiger partial charge in [0.2, 0.25) is 0 Å². The predicted molar refractivity (Wildman–Crippen MR) is 81.0 cm³/mol. The van der Waals surface area contributed by atoms with Crippen LogP contribution in [0.2, 0.25) is 0 Å². The van der Waals surface area contributed by atoms with Gasteiger partial charge in [-0.2, -0.15) is 0 Å². The van der Waals surface area contributed by atoms with Crippen molar-refractivity contribution in [2.45, 2.75) is 32.9 Å². The molecule has 18 heavy (non-hydrogen) atoms. The molecule has 0 aliphatic rings. The second-order valence-corrected chi connectivity index (χ2v) is 6.47. The number of hydrogen-bond acceptors (Lipinski definition) is 3. The zero-order chi connectivity index (χ0) is 13.8. The molecule has 0 saturated heterocycles. The van der Waals surface area contributed by atoms with Gasteiger partial charge < -0.3 is 15.2 Å². The van der Waals surface area contributed by atoms with Gasteiger partial charge in [-0.3, -0.25) is 0 Å². The molecule has 1 aromatic carbocycles. The Bertz CT molecular complexity index is 408. The zero-order valence-corrected chi connectivity index (χ0v) is 14.1. The van der Waals surface area contributed by atoms with Crippen LogP contribution in [0.4, 0.5) is 0 Å². The molecule has 102 valence electrons. The molecule has 0 saturated carbocycles. The van der Waals surface area contributed by atoms with Gasteiger partial charge in [-0.05, 0) is 48.8 Å². The van der Waals surface area contributed by atoms with Crippen LogP contribution >= 0.6 is 31.9 Å². The first-order chi connectivity index (χ1) is 8.39. The highest BCUT2D eigenvalue weighted by Crippen LogP contribution is 2.33. The van der Waals surface area contributed by atoms with Crippen LogP contribution in [0, 0.1) is 0 Å². The molecule has 1 aromatic rings. The SMILES string of the molecule is CCOc1c(Br)cc(Br)cc1CNC(C)(C)CO. The molecule has 0 unspecified atom stereocenters. The number of nitrogens with one attached hydrogen (secondary N) is 1. The molecule has 0 aliphatic carbocycles. The Morgan fingerprint density at radius 2 is 2.00 bits per heavy atom. The Labute approximate surface area is 125 Å². The second kappa shape index (κ2) is 6.89. The molecule has 0 aliphatic heterocycles. The maximum absolute atomic E-state index is 9.24. The van der Waals surface area contributed by atoms with Crippen molar-refractivity contribution in [1.29, 1.82) is 0 Å². The first-order valence-corrected chi connectivity index (χ1v) is 7.45. The lowest BCUT2D eigenvalue weighted by molar-refractivity contribution is 0.187. The van der Waals surface area contributed by atoms with E-state index in [-0.39, 0.29) is 12.1 Å². The minimum atomic E-state index is -0.307. The highest BCUT2D eigenvalue weighted by atomic mass is 79.9. The lowest BCUT2D eigenvalue weighted by atomic mass is 10.1. The molecule has 0 spiro atoms. The lowest BCUT2D eigenvalue weighted by Gasteiger charge is -2.24. The predicted octanol–water partition coefficient (Wildman–Crippen LogP) is 3.47. The number of aliphatic hydroxyl groups excluding tert-OH is 1. The van der Waals surface area contributed by atoms with Gasteiger partial charge in [0.15, 0.2) is 0 Å². The molecule has 0 aromatic heterocycles. The van der Waals surface area contributed by atoms with Crippen LogP contribution < -0.4 is 10.1 Å². The molecule has 0 atom stereocenters. The molecular weight excluding hydrogens is 362 g/mol. The summed E-state index contributed by atoms with van der Waals surface area (Å²) in [5.74, 6) is 0.849. The van der Waals surface area contributed by atoms with Crippen molar-refractivity contribution in [2.75, 3.05) is 13.2 Å². The largest absolute Gasteiger partial charge is 0.492 e. The van der Waals surface area contributed by atoms with Crippen molar-refractivity contribution in [1.82, 2.24) is 5.32 Å². The van der Waals surface area contributed by atoms with Crippen LogP contribution in [0.1, 0.15) is 26.3 Å². The first-order valence-electron chi connectivity index (χ1n) is 5.86. The van der Waals surface area contributed by atoms with E-state index in [2.05, 4.69) is 37.2 Å². The molecule has 0 amide bonds. The highest BCUT2D eigenvalue weighted by molar-refractivity contribution is 9.11. The number of benzene rings is 1. The molecule has 0 radical (unpaired) electrons. The van der Waals surface area contributed by atoms with Crippen molar-refractivity contribution in [3.05, 3.63) is 26.6 Å². The monoisotopic (exact) mass is 379 g/mol. The van der Waals surface area contributed by atoms with Gasteiger partial charge in [-0.15, -0.1) is 0 Å². The van der Waals surface area contributed by atoms with Gasteiger partial charge in [0.05, 0.1) is 17.7 Å². The van der Waals surface area contributed by atoms with E-state index in [1.54, 1.807) is 0 Å². The molecule has 5 heteroatoms. The first kappa shape index (κ1) is 16.0. The van der Waals surface area contributed by atoms with E-state index in [1.165, 1.54) is 0 Å². The quantitative estimate of drug-likeness (QED) is 0.793. The molecule has 3 nitrogen and oxygen atoms in total. The number of rotatable bonds is 6. The van der Waals surface area contributed by atoms with Crippen LogP contribution in [0.3, 0.4) is 0 Å². The Kier molecular flexibility index (Phi) is 6.11. The van der Waals surface area contributed by atoms with Gasteiger partial charge in [-0.1, -0.05) is 15.9 Å². The summed E-state index contributed by atoms with van der Waals surface area (Å²) in [6, 6.07) is 3.99. The molecular formula is C13H19Br2NO2. The summed E-state index contributed by atoms with van der Waals surface area (Å²) in [6.07, 6.45) is 0. The summed E-state index contributed by atoms with van der Waals surface area (Å²) in [6.45, 7) is 7.23. The van der Waals surface area contributed by atoms with Gasteiger partial charge in [0.1, 0.15) is 5.75 Å². The van der Waals surface area contributed by atoms with E-state index in [1.807, 2.05) is 32.9 Å². The third-order valence-electron chi connectivity index (χ3n) is 2.53. The van der Waals surface area contributed by atoms with Crippen molar-refractivity contribution in [2.24, 2.45) is 0 Å². The van der Waals surface area contributed by atoms with Gasteiger partial charge in [0, 0.05) is 22.1 Å². The topological polar surface area (TPSA) is 41.5 Å². The third kappa shape index (κ3) is 4.53. The standard InChI is InChI=1S/C13H19Br2NO2/c1-4-18-12-9(5-10(14)6-11(12)15)7-16-13(2,3)8-17/h5-6,16-17H,4,7-8H2,1-3H3. The van der Waals surface area contributed by atoms with Crippen molar-refractivity contribution in [3.8, 4) is 5.75 Å². The average Bonchev–Trinajstić information content (AvgIpc) is 2.30. The number of aliphatic hydroxyl groups is 1.